The minimum Gasteiger partial charge on any atom is -0.339 e. The summed E-state index contributed by atoms with van der Waals surface area (Å²) in [6.45, 7) is 1.98. The van der Waals surface area contributed by atoms with Crippen LogP contribution in [0.15, 0.2) is 47.0 Å². The Labute approximate surface area is 122 Å². The van der Waals surface area contributed by atoms with Crippen LogP contribution in [0, 0.1) is 0 Å². The summed E-state index contributed by atoms with van der Waals surface area (Å²) in [5, 5.41) is 6.22. The third kappa shape index (κ3) is 2.84. The number of ketones is 1. The average Bonchev–Trinajstić information content (AvgIpc) is 2.95. The van der Waals surface area contributed by atoms with Gasteiger partial charge in [-0.2, -0.15) is 4.98 Å². The minimum atomic E-state index is 0.130. The summed E-state index contributed by atoms with van der Waals surface area (Å²) < 4.78 is 5.20. The van der Waals surface area contributed by atoms with Crippen LogP contribution in [-0.2, 0) is 11.2 Å². The summed E-state index contributed by atoms with van der Waals surface area (Å²) in [5.74, 6) is 1.05. The van der Waals surface area contributed by atoms with E-state index in [1.54, 1.807) is 0 Å². The first kappa shape index (κ1) is 13.5. The highest BCUT2D eigenvalue weighted by atomic mass is 16.5. The molecule has 3 aromatic rings. The van der Waals surface area contributed by atoms with Gasteiger partial charge in [0.1, 0.15) is 5.78 Å². The molecule has 0 radical (unpaired) electrons. The molecule has 0 aliphatic rings. The summed E-state index contributed by atoms with van der Waals surface area (Å²) in [4.78, 5) is 16.0. The lowest BCUT2D eigenvalue weighted by atomic mass is 10.0. The summed E-state index contributed by atoms with van der Waals surface area (Å²) in [5.41, 5.74) is 0.922. The number of hydrogen-bond acceptors (Lipinski definition) is 4. The van der Waals surface area contributed by atoms with Crippen molar-refractivity contribution in [2.45, 2.75) is 26.2 Å². The monoisotopic (exact) mass is 280 g/mol. The topological polar surface area (TPSA) is 56.0 Å². The number of carbonyl (C=O) groups is 1. The molecule has 0 atom stereocenters. The fourth-order valence-electron chi connectivity index (χ4n) is 2.39. The SMILES string of the molecule is CCCC(=O)Cc1nc(-c2cccc3ccccc23)no1. The Morgan fingerprint density at radius 3 is 2.81 bits per heavy atom. The summed E-state index contributed by atoms with van der Waals surface area (Å²) in [7, 11) is 0. The normalized spacial score (nSPS) is 10.9. The van der Waals surface area contributed by atoms with Gasteiger partial charge in [0, 0.05) is 12.0 Å². The van der Waals surface area contributed by atoms with E-state index in [4.69, 9.17) is 4.52 Å². The van der Waals surface area contributed by atoms with E-state index in [1.807, 2.05) is 49.4 Å². The van der Waals surface area contributed by atoms with Crippen molar-refractivity contribution in [2.24, 2.45) is 0 Å². The molecule has 0 spiro atoms. The number of carbonyl (C=O) groups excluding carboxylic acids is 1. The maximum Gasteiger partial charge on any atom is 0.234 e. The van der Waals surface area contributed by atoms with E-state index in [1.165, 1.54) is 0 Å². The van der Waals surface area contributed by atoms with Crippen LogP contribution in [0.5, 0.6) is 0 Å². The van der Waals surface area contributed by atoms with Crippen LogP contribution in [-0.4, -0.2) is 15.9 Å². The highest BCUT2D eigenvalue weighted by Gasteiger charge is 2.13. The van der Waals surface area contributed by atoms with Crippen LogP contribution < -0.4 is 0 Å². The molecule has 1 aromatic heterocycles. The third-order valence-corrected chi connectivity index (χ3v) is 3.38. The van der Waals surface area contributed by atoms with Crippen LogP contribution in [0.2, 0.25) is 0 Å². The standard InChI is InChI=1S/C17H16N2O2/c1-2-6-13(20)11-16-18-17(19-21-16)15-10-5-8-12-7-3-4-9-14(12)15/h3-5,7-10H,2,6,11H2,1H3. The van der Waals surface area contributed by atoms with Crippen LogP contribution in [0.25, 0.3) is 22.2 Å². The number of rotatable bonds is 5. The summed E-state index contributed by atoms with van der Waals surface area (Å²) >= 11 is 0. The molecular weight excluding hydrogens is 264 g/mol. The summed E-state index contributed by atoms with van der Waals surface area (Å²) in [6, 6.07) is 14.0. The quantitative estimate of drug-likeness (QED) is 0.713. The zero-order valence-electron chi connectivity index (χ0n) is 11.9. The molecule has 0 aliphatic heterocycles. The van der Waals surface area contributed by atoms with Crippen LogP contribution in [0.1, 0.15) is 25.7 Å². The van der Waals surface area contributed by atoms with Gasteiger partial charge >= 0.3 is 0 Å². The van der Waals surface area contributed by atoms with Gasteiger partial charge in [0.25, 0.3) is 0 Å². The molecule has 2 aromatic carbocycles. The molecule has 21 heavy (non-hydrogen) atoms. The van der Waals surface area contributed by atoms with Gasteiger partial charge in [-0.05, 0) is 17.2 Å². The molecule has 1 heterocycles. The molecular formula is C17H16N2O2. The van der Waals surface area contributed by atoms with Crippen molar-refractivity contribution in [1.82, 2.24) is 10.1 Å². The molecule has 0 unspecified atom stereocenters. The second kappa shape index (κ2) is 5.87. The van der Waals surface area contributed by atoms with Gasteiger partial charge in [0.15, 0.2) is 0 Å². The molecule has 0 N–H and O–H groups in total. The number of Topliss-reactive ketones (excluding diaryl/α,β-unsaturated/α-hetero) is 1. The molecule has 0 saturated carbocycles. The lowest BCUT2D eigenvalue weighted by Gasteiger charge is -2.01. The lowest BCUT2D eigenvalue weighted by molar-refractivity contribution is -0.118. The van der Waals surface area contributed by atoms with Crippen LogP contribution in [0.3, 0.4) is 0 Å². The molecule has 4 heteroatoms. The van der Waals surface area contributed by atoms with E-state index in [2.05, 4.69) is 10.1 Å². The van der Waals surface area contributed by atoms with Crippen LogP contribution in [0.4, 0.5) is 0 Å². The minimum absolute atomic E-state index is 0.130. The molecule has 4 nitrogen and oxygen atoms in total. The van der Waals surface area contributed by atoms with Crippen molar-refractivity contribution in [3.8, 4) is 11.4 Å². The Balaban J connectivity index is 1.93. The van der Waals surface area contributed by atoms with E-state index >= 15 is 0 Å². The number of benzene rings is 2. The smallest absolute Gasteiger partial charge is 0.234 e. The number of fused-ring (bicyclic) bond motifs is 1. The van der Waals surface area contributed by atoms with Crippen molar-refractivity contribution < 1.29 is 9.32 Å². The molecule has 0 saturated heterocycles. The first-order valence-corrected chi connectivity index (χ1v) is 7.10. The summed E-state index contributed by atoms with van der Waals surface area (Å²) in [6.07, 6.45) is 1.60. The molecule has 0 bridgehead atoms. The molecule has 106 valence electrons. The Bertz CT molecular complexity index is 772. The second-order valence-corrected chi connectivity index (χ2v) is 5.00. The van der Waals surface area contributed by atoms with Gasteiger partial charge in [-0.15, -0.1) is 0 Å². The molecule has 0 aliphatic carbocycles. The van der Waals surface area contributed by atoms with Gasteiger partial charge < -0.3 is 4.52 Å². The molecule has 0 fully saturated rings. The predicted octanol–water partition coefficient (Wildman–Crippen LogP) is 3.80. The van der Waals surface area contributed by atoms with Crippen molar-refractivity contribution >= 4 is 16.6 Å². The lowest BCUT2D eigenvalue weighted by Crippen LogP contribution is -2.01. The van der Waals surface area contributed by atoms with Gasteiger partial charge in [0.05, 0.1) is 6.42 Å². The maximum absolute atomic E-state index is 11.6. The number of nitrogens with zero attached hydrogens (tertiary/aromatic N) is 2. The van der Waals surface area contributed by atoms with E-state index in [0.29, 0.717) is 18.1 Å². The molecule has 3 rings (SSSR count). The van der Waals surface area contributed by atoms with Gasteiger partial charge in [-0.1, -0.05) is 54.5 Å². The average molecular weight is 280 g/mol. The van der Waals surface area contributed by atoms with E-state index < -0.39 is 0 Å². The van der Waals surface area contributed by atoms with Crippen LogP contribution >= 0.6 is 0 Å². The fourth-order valence-corrected chi connectivity index (χ4v) is 2.39. The first-order valence-electron chi connectivity index (χ1n) is 7.10. The maximum atomic E-state index is 11.6. The Hall–Kier alpha value is -2.49. The van der Waals surface area contributed by atoms with Gasteiger partial charge in [0.2, 0.25) is 11.7 Å². The van der Waals surface area contributed by atoms with Crippen molar-refractivity contribution in [3.63, 3.8) is 0 Å². The second-order valence-electron chi connectivity index (χ2n) is 5.00. The zero-order valence-corrected chi connectivity index (χ0v) is 11.9. The van der Waals surface area contributed by atoms with Gasteiger partial charge in [-0.3, -0.25) is 4.79 Å². The highest BCUT2D eigenvalue weighted by Crippen LogP contribution is 2.26. The van der Waals surface area contributed by atoms with Crippen molar-refractivity contribution in [2.75, 3.05) is 0 Å². The number of hydrogen-bond donors (Lipinski definition) is 0. The Morgan fingerprint density at radius 1 is 1.14 bits per heavy atom. The largest absolute Gasteiger partial charge is 0.339 e. The van der Waals surface area contributed by atoms with Crippen molar-refractivity contribution in [3.05, 3.63) is 48.4 Å². The predicted molar refractivity (Wildman–Crippen MR) is 80.9 cm³/mol. The third-order valence-electron chi connectivity index (χ3n) is 3.38. The van der Waals surface area contributed by atoms with Gasteiger partial charge in [-0.25, -0.2) is 0 Å². The van der Waals surface area contributed by atoms with Crippen molar-refractivity contribution in [1.29, 1.82) is 0 Å². The molecule has 0 amide bonds. The van der Waals surface area contributed by atoms with E-state index in [-0.39, 0.29) is 12.2 Å². The fraction of sp³-hybridized carbons (Fsp3) is 0.235. The van der Waals surface area contributed by atoms with E-state index in [9.17, 15) is 4.79 Å². The zero-order chi connectivity index (χ0) is 14.7. The number of aromatic nitrogens is 2. The Kier molecular flexibility index (Phi) is 3.77. The first-order chi connectivity index (χ1) is 10.3. The highest BCUT2D eigenvalue weighted by molar-refractivity contribution is 5.94. The van der Waals surface area contributed by atoms with E-state index in [0.717, 1.165) is 22.8 Å². The Morgan fingerprint density at radius 2 is 1.95 bits per heavy atom.